The van der Waals surface area contributed by atoms with Gasteiger partial charge in [-0.1, -0.05) is 19.9 Å². The van der Waals surface area contributed by atoms with Gasteiger partial charge in [0, 0.05) is 19.3 Å². The average molecular weight is 269 g/mol. The van der Waals surface area contributed by atoms with E-state index in [4.69, 9.17) is 9.57 Å². The number of imide groups is 1. The lowest BCUT2D eigenvalue weighted by atomic mass is 10.0. The molecule has 108 valence electrons. The first-order chi connectivity index (χ1) is 8.85. The summed E-state index contributed by atoms with van der Waals surface area (Å²) in [6.07, 6.45) is 2.92. The number of hydrogen-bond donors (Lipinski definition) is 0. The van der Waals surface area contributed by atoms with Gasteiger partial charge in [0.05, 0.1) is 12.2 Å². The Bertz CT molecular complexity index is 346. The number of ether oxygens (including phenoxy) is 1. The van der Waals surface area contributed by atoms with Gasteiger partial charge in [-0.15, -0.1) is 5.06 Å². The molecule has 1 rings (SSSR count). The van der Waals surface area contributed by atoms with Gasteiger partial charge in [-0.05, 0) is 20.3 Å². The SMILES string of the molecule is C=C(CCOC(C)(C)CCC)ON1C(=O)CCC1=O. The van der Waals surface area contributed by atoms with E-state index in [2.05, 4.69) is 13.5 Å². The van der Waals surface area contributed by atoms with Crippen LogP contribution in [0.15, 0.2) is 12.3 Å². The highest BCUT2D eigenvalue weighted by Gasteiger charge is 2.31. The third-order valence-corrected chi connectivity index (χ3v) is 2.95. The van der Waals surface area contributed by atoms with Gasteiger partial charge < -0.3 is 9.57 Å². The molecule has 0 radical (unpaired) electrons. The first-order valence-electron chi connectivity index (χ1n) is 6.71. The molecule has 1 aliphatic heterocycles. The molecule has 0 spiro atoms. The molecular formula is C14H23NO4. The van der Waals surface area contributed by atoms with Crippen molar-refractivity contribution in [2.24, 2.45) is 0 Å². The van der Waals surface area contributed by atoms with Gasteiger partial charge in [-0.2, -0.15) is 0 Å². The highest BCUT2D eigenvalue weighted by atomic mass is 16.7. The van der Waals surface area contributed by atoms with Crippen LogP contribution in [0.4, 0.5) is 0 Å². The maximum atomic E-state index is 11.3. The summed E-state index contributed by atoms with van der Waals surface area (Å²) in [5, 5.41) is 0.805. The van der Waals surface area contributed by atoms with Crippen LogP contribution in [0.3, 0.4) is 0 Å². The van der Waals surface area contributed by atoms with E-state index in [1.165, 1.54) is 0 Å². The minimum absolute atomic E-state index is 0.172. The van der Waals surface area contributed by atoms with Crippen LogP contribution in [0.1, 0.15) is 52.9 Å². The smallest absolute Gasteiger partial charge is 0.263 e. The number of amides is 2. The predicted octanol–water partition coefficient (Wildman–Crippen LogP) is 2.57. The van der Waals surface area contributed by atoms with E-state index in [9.17, 15) is 9.59 Å². The Morgan fingerprint density at radius 2 is 1.89 bits per heavy atom. The minimum atomic E-state index is -0.307. The first-order valence-corrected chi connectivity index (χ1v) is 6.71. The van der Waals surface area contributed by atoms with Crippen molar-refractivity contribution in [2.75, 3.05) is 6.61 Å². The summed E-state index contributed by atoms with van der Waals surface area (Å²) in [5.41, 5.74) is -0.172. The van der Waals surface area contributed by atoms with E-state index in [1.54, 1.807) is 0 Å². The Labute approximate surface area is 114 Å². The van der Waals surface area contributed by atoms with Crippen molar-refractivity contribution in [1.29, 1.82) is 0 Å². The van der Waals surface area contributed by atoms with Crippen LogP contribution in [0.25, 0.3) is 0 Å². The molecule has 0 N–H and O–H groups in total. The molecule has 0 atom stereocenters. The normalized spacial score (nSPS) is 16.1. The van der Waals surface area contributed by atoms with Crippen molar-refractivity contribution in [1.82, 2.24) is 5.06 Å². The zero-order chi connectivity index (χ0) is 14.5. The number of hydrogen-bond acceptors (Lipinski definition) is 4. The molecular weight excluding hydrogens is 246 g/mol. The summed E-state index contributed by atoms with van der Waals surface area (Å²) in [5.74, 6) is -0.243. The molecule has 0 aromatic rings. The Morgan fingerprint density at radius 3 is 2.42 bits per heavy atom. The second-order valence-corrected chi connectivity index (χ2v) is 5.32. The van der Waals surface area contributed by atoms with Crippen LogP contribution < -0.4 is 0 Å². The number of carbonyl (C=O) groups is 2. The molecule has 0 saturated carbocycles. The number of rotatable bonds is 8. The fourth-order valence-corrected chi connectivity index (χ4v) is 1.95. The molecule has 1 fully saturated rings. The molecule has 2 amide bonds. The first kappa shape index (κ1) is 15.7. The topological polar surface area (TPSA) is 55.8 Å². The molecule has 0 aliphatic carbocycles. The van der Waals surface area contributed by atoms with E-state index in [1.807, 2.05) is 13.8 Å². The number of nitrogens with zero attached hydrogens (tertiary/aromatic N) is 1. The van der Waals surface area contributed by atoms with Crippen LogP contribution in [-0.2, 0) is 19.2 Å². The van der Waals surface area contributed by atoms with Gasteiger partial charge in [0.15, 0.2) is 0 Å². The molecule has 1 heterocycles. The molecule has 1 saturated heterocycles. The largest absolute Gasteiger partial charge is 0.375 e. The Kier molecular flexibility index (Phi) is 5.54. The Morgan fingerprint density at radius 1 is 1.32 bits per heavy atom. The third kappa shape index (κ3) is 5.03. The van der Waals surface area contributed by atoms with Gasteiger partial charge in [-0.25, -0.2) is 0 Å². The van der Waals surface area contributed by atoms with Crippen molar-refractivity contribution in [3.8, 4) is 0 Å². The highest BCUT2D eigenvalue weighted by Crippen LogP contribution is 2.19. The van der Waals surface area contributed by atoms with Crippen LogP contribution in [0, 0.1) is 0 Å². The molecule has 0 aromatic carbocycles. The van der Waals surface area contributed by atoms with Crippen LogP contribution >= 0.6 is 0 Å². The summed E-state index contributed by atoms with van der Waals surface area (Å²) in [6.45, 7) is 10.3. The molecule has 5 heteroatoms. The second kappa shape index (κ2) is 6.70. The average Bonchev–Trinajstić information content (AvgIpc) is 2.60. The van der Waals surface area contributed by atoms with Crippen molar-refractivity contribution < 1.29 is 19.2 Å². The van der Waals surface area contributed by atoms with Gasteiger partial charge in [-0.3, -0.25) is 9.59 Å². The van der Waals surface area contributed by atoms with Crippen LogP contribution in [0.5, 0.6) is 0 Å². The molecule has 19 heavy (non-hydrogen) atoms. The zero-order valence-electron chi connectivity index (χ0n) is 12.0. The summed E-state index contributed by atoms with van der Waals surface area (Å²) in [6, 6.07) is 0. The summed E-state index contributed by atoms with van der Waals surface area (Å²) >= 11 is 0. The fourth-order valence-electron chi connectivity index (χ4n) is 1.95. The zero-order valence-corrected chi connectivity index (χ0v) is 12.0. The lowest BCUT2D eigenvalue weighted by Gasteiger charge is -2.25. The molecule has 1 aliphatic rings. The standard InChI is InChI=1S/C14H23NO4/c1-5-9-14(3,4)18-10-8-11(2)19-15-12(16)6-7-13(15)17/h2,5-10H2,1,3-4H3. The Balaban J connectivity index is 2.29. The lowest BCUT2D eigenvalue weighted by molar-refractivity contribution is -0.177. The van der Waals surface area contributed by atoms with Gasteiger partial charge in [0.1, 0.15) is 5.76 Å². The van der Waals surface area contributed by atoms with Crippen molar-refractivity contribution in [3.05, 3.63) is 12.3 Å². The van der Waals surface area contributed by atoms with E-state index in [0.29, 0.717) is 18.8 Å². The van der Waals surface area contributed by atoms with Gasteiger partial charge in [0.2, 0.25) is 0 Å². The van der Waals surface area contributed by atoms with Crippen LogP contribution in [0.2, 0.25) is 0 Å². The van der Waals surface area contributed by atoms with E-state index < -0.39 is 0 Å². The maximum absolute atomic E-state index is 11.3. The molecule has 5 nitrogen and oxygen atoms in total. The minimum Gasteiger partial charge on any atom is -0.375 e. The molecule has 0 aromatic heterocycles. The number of hydroxylamine groups is 2. The van der Waals surface area contributed by atoms with Crippen molar-refractivity contribution in [2.45, 2.75) is 58.5 Å². The summed E-state index contributed by atoms with van der Waals surface area (Å²) in [7, 11) is 0. The van der Waals surface area contributed by atoms with Crippen molar-refractivity contribution >= 4 is 11.8 Å². The van der Waals surface area contributed by atoms with E-state index >= 15 is 0 Å². The quantitative estimate of drug-likeness (QED) is 0.502. The third-order valence-electron chi connectivity index (χ3n) is 2.95. The maximum Gasteiger partial charge on any atom is 0.263 e. The summed E-state index contributed by atoms with van der Waals surface area (Å²) in [4.78, 5) is 27.9. The fraction of sp³-hybridized carbons (Fsp3) is 0.714. The van der Waals surface area contributed by atoms with Crippen molar-refractivity contribution in [3.63, 3.8) is 0 Å². The highest BCUT2D eigenvalue weighted by molar-refractivity contribution is 6.00. The Hall–Kier alpha value is -1.36. The predicted molar refractivity (Wildman–Crippen MR) is 70.9 cm³/mol. The lowest BCUT2D eigenvalue weighted by Crippen LogP contribution is -2.29. The van der Waals surface area contributed by atoms with Crippen LogP contribution in [-0.4, -0.2) is 29.1 Å². The monoisotopic (exact) mass is 269 g/mol. The second-order valence-electron chi connectivity index (χ2n) is 5.32. The molecule has 0 unspecified atom stereocenters. The van der Waals surface area contributed by atoms with Gasteiger partial charge in [0.25, 0.3) is 11.8 Å². The van der Waals surface area contributed by atoms with E-state index in [-0.39, 0.29) is 30.3 Å². The summed E-state index contributed by atoms with van der Waals surface area (Å²) < 4.78 is 5.73. The number of carbonyl (C=O) groups excluding carboxylic acids is 2. The molecule has 0 bridgehead atoms. The van der Waals surface area contributed by atoms with E-state index in [0.717, 1.165) is 17.9 Å². The van der Waals surface area contributed by atoms with Gasteiger partial charge >= 0.3 is 0 Å².